The fraction of sp³-hybridized carbons (Fsp3) is 0.478. The quantitative estimate of drug-likeness (QED) is 0.518. The van der Waals surface area contributed by atoms with Crippen LogP contribution in [0.25, 0.3) is 16.9 Å². The zero-order valence-corrected chi connectivity index (χ0v) is 20.4. The molecule has 4 heterocycles. The van der Waals surface area contributed by atoms with Crippen molar-refractivity contribution in [3.05, 3.63) is 36.2 Å². The Kier molecular flexibility index (Phi) is 6.24. The van der Waals surface area contributed by atoms with Crippen molar-refractivity contribution in [3.8, 4) is 11.9 Å². The fourth-order valence-electron chi connectivity index (χ4n) is 4.19. The number of rotatable bonds is 2. The van der Waals surface area contributed by atoms with Crippen molar-refractivity contribution in [3.63, 3.8) is 0 Å². The number of halogens is 3. The summed E-state index contributed by atoms with van der Waals surface area (Å²) >= 11 is 0. The molecule has 1 aliphatic heterocycles. The molecule has 36 heavy (non-hydrogen) atoms. The number of anilines is 1. The van der Waals surface area contributed by atoms with Crippen LogP contribution in [0.15, 0.2) is 24.9 Å². The van der Waals surface area contributed by atoms with Gasteiger partial charge in [-0.15, -0.1) is 0 Å². The molecular weight excluding hydrogens is 477 g/mol. The van der Waals surface area contributed by atoms with Crippen LogP contribution in [0.2, 0.25) is 0 Å². The smallest absolute Gasteiger partial charge is 0.418 e. The van der Waals surface area contributed by atoms with Crippen LogP contribution in [0.5, 0.6) is 0 Å². The van der Waals surface area contributed by atoms with Crippen LogP contribution >= 0.6 is 0 Å². The SMILES string of the molecule is C[C@@H]1CN(c2ncnc3c2c(C(F)(F)F)cn3-c2cc(C#N)ncn2)[C@@H](C)CN1C(=O)OC(C)(C)C. The van der Waals surface area contributed by atoms with E-state index in [2.05, 4.69) is 19.9 Å². The zero-order chi connectivity index (χ0) is 26.4. The molecule has 0 aliphatic carbocycles. The van der Waals surface area contributed by atoms with Gasteiger partial charge in [0.2, 0.25) is 0 Å². The number of ether oxygens (including phenoxy) is 1. The first-order chi connectivity index (χ1) is 16.8. The second kappa shape index (κ2) is 8.92. The van der Waals surface area contributed by atoms with E-state index in [0.29, 0.717) is 0 Å². The summed E-state index contributed by atoms with van der Waals surface area (Å²) in [6.45, 7) is 9.41. The first kappa shape index (κ1) is 25.2. The molecule has 4 rings (SSSR count). The van der Waals surface area contributed by atoms with Crippen molar-refractivity contribution in [1.29, 1.82) is 5.26 Å². The number of piperazine rings is 1. The molecule has 1 amide bonds. The van der Waals surface area contributed by atoms with E-state index < -0.39 is 23.4 Å². The maximum absolute atomic E-state index is 14.2. The third-order valence-corrected chi connectivity index (χ3v) is 5.77. The van der Waals surface area contributed by atoms with Gasteiger partial charge in [0.25, 0.3) is 0 Å². The van der Waals surface area contributed by atoms with Gasteiger partial charge in [-0.1, -0.05) is 0 Å². The highest BCUT2D eigenvalue weighted by Crippen LogP contribution is 2.41. The van der Waals surface area contributed by atoms with Gasteiger partial charge >= 0.3 is 12.3 Å². The summed E-state index contributed by atoms with van der Waals surface area (Å²) in [5.74, 6) is 0.173. The standard InChI is InChI=1S/C23H25F3N8O2/c1-13-9-33(21(35)36-22(3,4)5)14(2)8-32(13)19-18-16(23(24,25)26)10-34(20(18)31-12-30-19)17-6-15(7-27)28-11-29-17/h6,10-14H,8-9H2,1-5H3/t13-,14+/m0/s1. The van der Waals surface area contributed by atoms with Crippen LogP contribution < -0.4 is 4.90 Å². The van der Waals surface area contributed by atoms with Crippen LogP contribution in [0, 0.1) is 11.3 Å². The van der Waals surface area contributed by atoms with Crippen LogP contribution in [0.3, 0.4) is 0 Å². The zero-order valence-electron chi connectivity index (χ0n) is 20.4. The Morgan fingerprint density at radius 1 is 1.08 bits per heavy atom. The third kappa shape index (κ3) is 4.75. The second-order valence-corrected chi connectivity index (χ2v) is 9.66. The van der Waals surface area contributed by atoms with E-state index in [9.17, 15) is 18.0 Å². The lowest BCUT2D eigenvalue weighted by Crippen LogP contribution is -2.59. The Morgan fingerprint density at radius 3 is 2.42 bits per heavy atom. The van der Waals surface area contributed by atoms with Crippen LogP contribution in [0.4, 0.5) is 23.8 Å². The topological polar surface area (TPSA) is 113 Å². The predicted molar refractivity (Wildman–Crippen MR) is 123 cm³/mol. The number of hydrogen-bond donors (Lipinski definition) is 0. The maximum Gasteiger partial charge on any atom is 0.418 e. The van der Waals surface area contributed by atoms with Gasteiger partial charge in [-0.2, -0.15) is 18.4 Å². The first-order valence-electron chi connectivity index (χ1n) is 11.2. The summed E-state index contributed by atoms with van der Waals surface area (Å²) in [4.78, 5) is 32.2. The molecule has 10 nitrogen and oxygen atoms in total. The molecule has 1 saturated heterocycles. The number of carbonyl (C=O) groups is 1. The summed E-state index contributed by atoms with van der Waals surface area (Å²) in [6.07, 6.45) is -1.99. The number of nitrogens with zero attached hydrogens (tertiary/aromatic N) is 8. The Labute approximate surface area is 205 Å². The summed E-state index contributed by atoms with van der Waals surface area (Å²) in [7, 11) is 0. The molecule has 0 aromatic carbocycles. The Balaban J connectivity index is 1.79. The molecule has 0 N–H and O–H groups in total. The molecule has 0 radical (unpaired) electrons. The van der Waals surface area contributed by atoms with E-state index >= 15 is 0 Å². The number of fused-ring (bicyclic) bond motifs is 1. The predicted octanol–water partition coefficient (Wildman–Crippen LogP) is 3.94. The second-order valence-electron chi connectivity index (χ2n) is 9.66. The van der Waals surface area contributed by atoms with Gasteiger partial charge in [-0.05, 0) is 34.6 Å². The normalized spacial score (nSPS) is 18.9. The summed E-state index contributed by atoms with van der Waals surface area (Å²) < 4.78 is 49.3. The monoisotopic (exact) mass is 502 g/mol. The molecule has 3 aromatic heterocycles. The van der Waals surface area contributed by atoms with Crippen molar-refractivity contribution in [2.24, 2.45) is 0 Å². The van der Waals surface area contributed by atoms with E-state index in [1.165, 1.54) is 17.0 Å². The van der Waals surface area contributed by atoms with Gasteiger partial charge in [-0.25, -0.2) is 24.7 Å². The number of nitriles is 1. The molecule has 3 aromatic rings. The molecule has 2 atom stereocenters. The van der Waals surface area contributed by atoms with E-state index in [0.717, 1.165) is 12.5 Å². The number of carbonyl (C=O) groups excluding carboxylic acids is 1. The average molecular weight is 503 g/mol. The Bertz CT molecular complexity index is 1340. The van der Waals surface area contributed by atoms with Gasteiger partial charge in [0.1, 0.15) is 41.7 Å². The highest BCUT2D eigenvalue weighted by Gasteiger charge is 2.40. The minimum Gasteiger partial charge on any atom is -0.444 e. The summed E-state index contributed by atoms with van der Waals surface area (Å²) in [5, 5.41) is 8.96. The molecular formula is C23H25F3N8O2. The molecule has 0 spiro atoms. The van der Waals surface area contributed by atoms with Crippen molar-refractivity contribution < 1.29 is 22.7 Å². The lowest BCUT2D eigenvalue weighted by atomic mass is 10.1. The van der Waals surface area contributed by atoms with Crippen molar-refractivity contribution in [2.75, 3.05) is 18.0 Å². The number of hydrogen-bond acceptors (Lipinski definition) is 8. The molecule has 13 heteroatoms. The van der Waals surface area contributed by atoms with Crippen molar-refractivity contribution >= 4 is 22.9 Å². The maximum atomic E-state index is 14.2. The molecule has 190 valence electrons. The molecule has 1 aliphatic rings. The largest absolute Gasteiger partial charge is 0.444 e. The Hall–Kier alpha value is -3.95. The summed E-state index contributed by atoms with van der Waals surface area (Å²) in [6, 6.07) is 2.43. The van der Waals surface area contributed by atoms with Crippen LogP contribution in [-0.4, -0.2) is 66.3 Å². The van der Waals surface area contributed by atoms with Crippen molar-refractivity contribution in [2.45, 2.75) is 58.5 Å². The van der Waals surface area contributed by atoms with Crippen LogP contribution in [-0.2, 0) is 10.9 Å². The highest BCUT2D eigenvalue weighted by atomic mass is 19.4. The van der Waals surface area contributed by atoms with Crippen molar-refractivity contribution in [1.82, 2.24) is 29.4 Å². The van der Waals surface area contributed by atoms with E-state index in [1.807, 2.05) is 13.0 Å². The van der Waals surface area contributed by atoms with Gasteiger partial charge in [0.05, 0.1) is 10.9 Å². The molecule has 0 saturated carbocycles. The van der Waals surface area contributed by atoms with Gasteiger partial charge in [0, 0.05) is 37.4 Å². The minimum absolute atomic E-state index is 0.00500. The van der Waals surface area contributed by atoms with E-state index in [4.69, 9.17) is 10.00 Å². The molecule has 0 unspecified atom stereocenters. The van der Waals surface area contributed by atoms with Gasteiger partial charge in [0.15, 0.2) is 5.65 Å². The molecule has 1 fully saturated rings. The van der Waals surface area contributed by atoms with Gasteiger partial charge in [-0.3, -0.25) is 4.57 Å². The van der Waals surface area contributed by atoms with E-state index in [1.54, 1.807) is 37.5 Å². The fourth-order valence-corrected chi connectivity index (χ4v) is 4.19. The van der Waals surface area contributed by atoms with Crippen LogP contribution in [0.1, 0.15) is 45.9 Å². The first-order valence-corrected chi connectivity index (χ1v) is 11.2. The lowest BCUT2D eigenvalue weighted by Gasteiger charge is -2.44. The highest BCUT2D eigenvalue weighted by molar-refractivity contribution is 5.93. The number of aromatic nitrogens is 5. The average Bonchev–Trinajstić information content (AvgIpc) is 3.20. The van der Waals surface area contributed by atoms with Gasteiger partial charge < -0.3 is 14.5 Å². The van der Waals surface area contributed by atoms with E-state index in [-0.39, 0.29) is 53.5 Å². The lowest BCUT2D eigenvalue weighted by molar-refractivity contribution is -0.136. The summed E-state index contributed by atoms with van der Waals surface area (Å²) in [5.41, 5.74) is -1.61. The third-order valence-electron chi connectivity index (χ3n) is 5.77. The number of alkyl halides is 3. The molecule has 0 bridgehead atoms. The minimum atomic E-state index is -4.71. The number of amides is 1. The Morgan fingerprint density at radius 2 is 1.78 bits per heavy atom.